The summed E-state index contributed by atoms with van der Waals surface area (Å²) in [6, 6.07) is 2.31. The molecule has 4 nitrogen and oxygen atoms in total. The van der Waals surface area contributed by atoms with Gasteiger partial charge in [-0.05, 0) is 35.8 Å². The van der Waals surface area contributed by atoms with E-state index in [9.17, 15) is 5.26 Å². The largest absolute Gasteiger partial charge is 0.378 e. The second-order valence-electron chi connectivity index (χ2n) is 6.69. The molecule has 0 amide bonds. The number of aromatic amines is 1. The number of anilines is 1. The van der Waals surface area contributed by atoms with E-state index in [0.717, 1.165) is 51.4 Å². The molecule has 1 saturated heterocycles. The molecule has 21 heavy (non-hydrogen) atoms. The molecule has 1 aromatic heterocycles. The third-order valence-corrected chi connectivity index (χ3v) is 4.86. The molecule has 3 rings (SSSR count). The van der Waals surface area contributed by atoms with Gasteiger partial charge in [0.1, 0.15) is 16.5 Å². The lowest BCUT2D eigenvalue weighted by molar-refractivity contribution is 0.122. The number of morpholine rings is 1. The van der Waals surface area contributed by atoms with Crippen molar-refractivity contribution in [1.82, 2.24) is 4.98 Å². The van der Waals surface area contributed by atoms with E-state index < -0.39 is 0 Å². The highest BCUT2D eigenvalue weighted by molar-refractivity contribution is 7.71. The maximum atomic E-state index is 9.48. The van der Waals surface area contributed by atoms with Gasteiger partial charge in [-0.15, -0.1) is 0 Å². The highest BCUT2D eigenvalue weighted by Gasteiger charge is 2.31. The van der Waals surface area contributed by atoms with E-state index in [0.29, 0.717) is 10.2 Å². The molecule has 1 aliphatic carbocycles. The molecule has 112 valence electrons. The minimum absolute atomic E-state index is 0.240. The number of fused-ring (bicyclic) bond motifs is 1. The second kappa shape index (κ2) is 5.43. The van der Waals surface area contributed by atoms with Crippen molar-refractivity contribution >= 4 is 18.0 Å². The molecule has 0 radical (unpaired) electrons. The van der Waals surface area contributed by atoms with Gasteiger partial charge >= 0.3 is 0 Å². The Kier molecular flexibility index (Phi) is 3.76. The van der Waals surface area contributed by atoms with Gasteiger partial charge in [-0.1, -0.05) is 26.1 Å². The molecule has 0 saturated carbocycles. The van der Waals surface area contributed by atoms with Crippen LogP contribution in [0.2, 0.25) is 0 Å². The highest BCUT2D eigenvalue weighted by Crippen LogP contribution is 2.39. The van der Waals surface area contributed by atoms with Gasteiger partial charge in [0.15, 0.2) is 0 Å². The third kappa shape index (κ3) is 2.70. The first-order valence-electron chi connectivity index (χ1n) is 7.53. The molecule has 1 aliphatic heterocycles. The van der Waals surface area contributed by atoms with Gasteiger partial charge in [-0.25, -0.2) is 0 Å². The number of aromatic nitrogens is 1. The van der Waals surface area contributed by atoms with Crippen LogP contribution in [0.1, 0.15) is 37.0 Å². The van der Waals surface area contributed by atoms with E-state index in [4.69, 9.17) is 17.0 Å². The quantitative estimate of drug-likeness (QED) is 0.810. The van der Waals surface area contributed by atoms with Crippen molar-refractivity contribution < 1.29 is 4.74 Å². The number of nitriles is 1. The summed E-state index contributed by atoms with van der Waals surface area (Å²) in [6.45, 7) is 7.80. The summed E-state index contributed by atoms with van der Waals surface area (Å²) < 4.78 is 6.02. The van der Waals surface area contributed by atoms with E-state index in [1.165, 1.54) is 11.1 Å². The fraction of sp³-hybridized carbons (Fsp3) is 0.625. The first-order chi connectivity index (χ1) is 10.0. The van der Waals surface area contributed by atoms with Crippen LogP contribution in [0.15, 0.2) is 0 Å². The van der Waals surface area contributed by atoms with Crippen molar-refractivity contribution in [3.05, 3.63) is 21.3 Å². The van der Waals surface area contributed by atoms with Crippen molar-refractivity contribution in [3.8, 4) is 6.07 Å². The minimum atomic E-state index is 0.240. The molecule has 1 N–H and O–H groups in total. The minimum Gasteiger partial charge on any atom is -0.378 e. The monoisotopic (exact) mass is 303 g/mol. The van der Waals surface area contributed by atoms with Crippen LogP contribution in [0.5, 0.6) is 0 Å². The fourth-order valence-electron chi connectivity index (χ4n) is 3.35. The number of rotatable bonds is 1. The van der Waals surface area contributed by atoms with Crippen LogP contribution in [0.3, 0.4) is 0 Å². The lowest BCUT2D eigenvalue weighted by Crippen LogP contribution is -2.38. The SMILES string of the molecule is CC1(C)CCc2c(N3CCOCC3)[nH]c(=S)c(C#N)c2C1. The van der Waals surface area contributed by atoms with Gasteiger partial charge in [-0.3, -0.25) is 0 Å². The molecule has 0 spiro atoms. The number of hydrogen-bond acceptors (Lipinski definition) is 4. The lowest BCUT2D eigenvalue weighted by atomic mass is 9.73. The molecule has 1 fully saturated rings. The predicted molar refractivity (Wildman–Crippen MR) is 85.2 cm³/mol. The zero-order valence-corrected chi connectivity index (χ0v) is 13.5. The number of H-pyrrole nitrogens is 1. The Morgan fingerprint density at radius 2 is 2.00 bits per heavy atom. The number of hydrogen-bond donors (Lipinski definition) is 1. The maximum absolute atomic E-state index is 9.48. The van der Waals surface area contributed by atoms with E-state index in [1.54, 1.807) is 0 Å². The van der Waals surface area contributed by atoms with Gasteiger partial charge in [-0.2, -0.15) is 5.26 Å². The van der Waals surface area contributed by atoms with Crippen LogP contribution in [0.25, 0.3) is 0 Å². The summed E-state index contributed by atoms with van der Waals surface area (Å²) in [6.07, 6.45) is 3.09. The molecular weight excluding hydrogens is 282 g/mol. The molecule has 0 unspecified atom stereocenters. The molecule has 5 heteroatoms. The van der Waals surface area contributed by atoms with Gasteiger partial charge in [0.05, 0.1) is 18.8 Å². The van der Waals surface area contributed by atoms with Crippen LogP contribution in [-0.2, 0) is 17.6 Å². The summed E-state index contributed by atoms with van der Waals surface area (Å²) >= 11 is 5.43. The highest BCUT2D eigenvalue weighted by atomic mass is 32.1. The summed E-state index contributed by atoms with van der Waals surface area (Å²) in [5, 5.41) is 9.48. The van der Waals surface area contributed by atoms with Crippen LogP contribution in [0.4, 0.5) is 5.82 Å². The van der Waals surface area contributed by atoms with Crippen LogP contribution >= 0.6 is 12.2 Å². The normalized spacial score (nSPS) is 20.7. The summed E-state index contributed by atoms with van der Waals surface area (Å²) in [5.74, 6) is 1.12. The summed E-state index contributed by atoms with van der Waals surface area (Å²) in [7, 11) is 0. The number of nitrogens with zero attached hydrogens (tertiary/aromatic N) is 2. The van der Waals surface area contributed by atoms with Gasteiger partial charge in [0, 0.05) is 13.1 Å². The van der Waals surface area contributed by atoms with Gasteiger partial charge in [0.2, 0.25) is 0 Å². The Balaban J connectivity index is 2.13. The number of pyridine rings is 1. The lowest BCUT2D eigenvalue weighted by Gasteiger charge is -2.36. The van der Waals surface area contributed by atoms with Crippen molar-refractivity contribution in [1.29, 1.82) is 5.26 Å². The Bertz CT molecular complexity index is 651. The standard InChI is InChI=1S/C16H21N3OS/c1-16(2)4-3-11-12(9-16)13(10-17)15(21)18-14(11)19-5-7-20-8-6-19/h3-9H2,1-2H3,(H,18,21). The summed E-state index contributed by atoms with van der Waals surface area (Å²) in [4.78, 5) is 5.63. The molecule has 2 aliphatic rings. The van der Waals surface area contributed by atoms with Gasteiger partial charge in [0.25, 0.3) is 0 Å². The fourth-order valence-corrected chi connectivity index (χ4v) is 3.61. The summed E-state index contributed by atoms with van der Waals surface area (Å²) in [5.41, 5.74) is 3.37. The Labute approximate surface area is 130 Å². The Morgan fingerprint density at radius 3 is 2.67 bits per heavy atom. The van der Waals surface area contributed by atoms with E-state index >= 15 is 0 Å². The molecule has 2 heterocycles. The zero-order valence-electron chi connectivity index (χ0n) is 12.7. The first-order valence-corrected chi connectivity index (χ1v) is 7.93. The van der Waals surface area contributed by atoms with E-state index in [1.807, 2.05) is 0 Å². The first kappa shape index (κ1) is 14.6. The van der Waals surface area contributed by atoms with E-state index in [-0.39, 0.29) is 5.41 Å². The van der Waals surface area contributed by atoms with Crippen molar-refractivity contribution in [2.24, 2.45) is 5.41 Å². The van der Waals surface area contributed by atoms with Crippen molar-refractivity contribution in [3.63, 3.8) is 0 Å². The molecule has 0 atom stereocenters. The van der Waals surface area contributed by atoms with Gasteiger partial charge < -0.3 is 14.6 Å². The molecule has 1 aromatic rings. The zero-order chi connectivity index (χ0) is 15.0. The molecule has 0 bridgehead atoms. The second-order valence-corrected chi connectivity index (χ2v) is 7.10. The van der Waals surface area contributed by atoms with Crippen molar-refractivity contribution in [2.75, 3.05) is 31.2 Å². The van der Waals surface area contributed by atoms with Crippen LogP contribution in [-0.4, -0.2) is 31.3 Å². The van der Waals surface area contributed by atoms with Crippen LogP contribution < -0.4 is 4.90 Å². The molecular formula is C16H21N3OS. The number of ether oxygens (including phenoxy) is 1. The third-order valence-electron chi connectivity index (χ3n) is 4.56. The van der Waals surface area contributed by atoms with Crippen molar-refractivity contribution in [2.45, 2.75) is 33.1 Å². The average Bonchev–Trinajstić information content (AvgIpc) is 2.46. The van der Waals surface area contributed by atoms with E-state index in [2.05, 4.69) is 29.8 Å². The number of nitrogens with one attached hydrogen (secondary N) is 1. The maximum Gasteiger partial charge on any atom is 0.123 e. The Hall–Kier alpha value is -1.38. The average molecular weight is 303 g/mol. The Morgan fingerprint density at radius 1 is 1.29 bits per heavy atom. The molecule has 0 aromatic carbocycles. The van der Waals surface area contributed by atoms with Crippen LogP contribution in [0, 0.1) is 21.4 Å². The predicted octanol–water partition coefficient (Wildman–Crippen LogP) is 2.97. The smallest absolute Gasteiger partial charge is 0.123 e. The topological polar surface area (TPSA) is 52.0 Å².